The molecule has 150 valence electrons. The SMILES string of the molecule is CC(C)OCCC(C)(C)OCCCNC(=O)CCC(=O)O.CCCN. The highest BCUT2D eigenvalue weighted by molar-refractivity contribution is 5.80. The third-order valence-corrected chi connectivity index (χ3v) is 3.15. The van der Waals surface area contributed by atoms with Crippen molar-refractivity contribution < 1.29 is 24.2 Å². The molecule has 0 heterocycles. The van der Waals surface area contributed by atoms with Crippen LogP contribution in [0.5, 0.6) is 0 Å². The van der Waals surface area contributed by atoms with Crippen molar-refractivity contribution in [2.45, 2.75) is 78.4 Å². The molecule has 0 bridgehead atoms. The standard InChI is InChI=1S/C15H29NO5.C3H9N/c1-12(2)20-11-8-15(3,4)21-10-5-9-16-13(17)6-7-14(18)19;1-2-3-4/h12H,5-11H2,1-4H3,(H,16,17)(H,18,19);2-4H2,1H3. The van der Waals surface area contributed by atoms with Crippen LogP contribution in [0.3, 0.4) is 0 Å². The van der Waals surface area contributed by atoms with Crippen molar-refractivity contribution in [1.29, 1.82) is 0 Å². The van der Waals surface area contributed by atoms with E-state index in [1.165, 1.54) is 0 Å². The maximum atomic E-state index is 11.3. The number of nitrogens with two attached hydrogens (primary N) is 1. The number of ether oxygens (including phenoxy) is 2. The van der Waals surface area contributed by atoms with E-state index in [1.807, 2.05) is 27.7 Å². The fourth-order valence-corrected chi connectivity index (χ4v) is 1.57. The van der Waals surface area contributed by atoms with Gasteiger partial charge in [0.15, 0.2) is 0 Å². The molecular formula is C18H38N2O5. The van der Waals surface area contributed by atoms with Gasteiger partial charge in [-0.1, -0.05) is 6.92 Å². The number of aliphatic carboxylic acids is 1. The van der Waals surface area contributed by atoms with E-state index in [0.29, 0.717) is 26.2 Å². The Hall–Kier alpha value is -1.18. The molecule has 7 nitrogen and oxygen atoms in total. The highest BCUT2D eigenvalue weighted by Gasteiger charge is 2.18. The van der Waals surface area contributed by atoms with Gasteiger partial charge in [0.05, 0.1) is 18.1 Å². The molecule has 0 radical (unpaired) electrons. The second-order valence-electron chi connectivity index (χ2n) is 6.66. The topological polar surface area (TPSA) is 111 Å². The van der Waals surface area contributed by atoms with Crippen molar-refractivity contribution in [1.82, 2.24) is 5.32 Å². The largest absolute Gasteiger partial charge is 0.481 e. The summed E-state index contributed by atoms with van der Waals surface area (Å²) in [4.78, 5) is 21.6. The molecule has 0 spiro atoms. The molecule has 0 saturated carbocycles. The van der Waals surface area contributed by atoms with Crippen LogP contribution in [0.2, 0.25) is 0 Å². The van der Waals surface area contributed by atoms with E-state index < -0.39 is 5.97 Å². The summed E-state index contributed by atoms with van der Waals surface area (Å²) >= 11 is 0. The summed E-state index contributed by atoms with van der Waals surface area (Å²) in [6.07, 6.45) is 2.73. The van der Waals surface area contributed by atoms with Gasteiger partial charge in [0.1, 0.15) is 0 Å². The number of rotatable bonds is 13. The molecule has 25 heavy (non-hydrogen) atoms. The van der Waals surface area contributed by atoms with Gasteiger partial charge in [-0.15, -0.1) is 0 Å². The minimum absolute atomic E-state index is 0.0220. The minimum Gasteiger partial charge on any atom is -0.481 e. The highest BCUT2D eigenvalue weighted by Crippen LogP contribution is 2.15. The van der Waals surface area contributed by atoms with Gasteiger partial charge in [-0.3, -0.25) is 9.59 Å². The zero-order valence-corrected chi connectivity index (χ0v) is 16.6. The van der Waals surface area contributed by atoms with Crippen LogP contribution in [-0.4, -0.2) is 55.0 Å². The molecular weight excluding hydrogens is 324 g/mol. The van der Waals surface area contributed by atoms with Crippen molar-refractivity contribution in [3.8, 4) is 0 Å². The normalized spacial score (nSPS) is 11.0. The van der Waals surface area contributed by atoms with Crippen LogP contribution in [0.4, 0.5) is 0 Å². The first-order chi connectivity index (χ1) is 11.6. The van der Waals surface area contributed by atoms with Crippen molar-refractivity contribution in [2.75, 3.05) is 26.3 Å². The molecule has 0 aliphatic carbocycles. The zero-order valence-electron chi connectivity index (χ0n) is 16.6. The number of nitrogens with one attached hydrogen (secondary N) is 1. The summed E-state index contributed by atoms with van der Waals surface area (Å²) in [6, 6.07) is 0. The molecule has 0 aromatic carbocycles. The lowest BCUT2D eigenvalue weighted by atomic mass is 10.1. The van der Waals surface area contributed by atoms with Gasteiger partial charge in [-0.05, 0) is 53.5 Å². The summed E-state index contributed by atoms with van der Waals surface area (Å²) in [5, 5.41) is 11.1. The Bertz CT molecular complexity index is 344. The Morgan fingerprint density at radius 3 is 2.28 bits per heavy atom. The van der Waals surface area contributed by atoms with Crippen molar-refractivity contribution in [3.63, 3.8) is 0 Å². The van der Waals surface area contributed by atoms with Gasteiger partial charge in [-0.25, -0.2) is 0 Å². The minimum atomic E-state index is -0.959. The molecule has 7 heteroatoms. The van der Waals surface area contributed by atoms with Crippen LogP contribution in [0, 0.1) is 0 Å². The Balaban J connectivity index is 0. The summed E-state index contributed by atoms with van der Waals surface area (Å²) in [6.45, 7) is 12.6. The maximum Gasteiger partial charge on any atom is 0.303 e. The lowest BCUT2D eigenvalue weighted by Gasteiger charge is -2.25. The third kappa shape index (κ3) is 22.8. The number of hydrogen-bond donors (Lipinski definition) is 3. The first kappa shape index (κ1) is 26.1. The molecule has 0 saturated heterocycles. The number of carbonyl (C=O) groups excluding carboxylic acids is 1. The van der Waals surface area contributed by atoms with Crippen molar-refractivity contribution in [2.24, 2.45) is 5.73 Å². The van der Waals surface area contributed by atoms with Gasteiger partial charge >= 0.3 is 5.97 Å². The van der Waals surface area contributed by atoms with Gasteiger partial charge in [-0.2, -0.15) is 0 Å². The first-order valence-electron chi connectivity index (χ1n) is 9.08. The monoisotopic (exact) mass is 362 g/mol. The highest BCUT2D eigenvalue weighted by atomic mass is 16.5. The second kappa shape index (κ2) is 16.3. The predicted molar refractivity (Wildman–Crippen MR) is 99.6 cm³/mol. The second-order valence-corrected chi connectivity index (χ2v) is 6.66. The van der Waals surface area contributed by atoms with E-state index >= 15 is 0 Å². The third-order valence-electron chi connectivity index (χ3n) is 3.15. The molecule has 0 atom stereocenters. The molecule has 0 fully saturated rings. The molecule has 0 unspecified atom stereocenters. The van der Waals surface area contributed by atoms with Crippen molar-refractivity contribution in [3.05, 3.63) is 0 Å². The van der Waals surface area contributed by atoms with Gasteiger partial charge < -0.3 is 25.6 Å². The summed E-state index contributed by atoms with van der Waals surface area (Å²) < 4.78 is 11.3. The van der Waals surface area contributed by atoms with E-state index in [-0.39, 0.29) is 30.5 Å². The van der Waals surface area contributed by atoms with Crippen LogP contribution in [0.15, 0.2) is 0 Å². The molecule has 1 amide bonds. The smallest absolute Gasteiger partial charge is 0.303 e. The van der Waals surface area contributed by atoms with E-state index in [4.69, 9.17) is 20.3 Å². The lowest BCUT2D eigenvalue weighted by molar-refractivity contribution is -0.138. The average Bonchev–Trinajstić information content (AvgIpc) is 2.52. The van der Waals surface area contributed by atoms with Crippen molar-refractivity contribution >= 4 is 11.9 Å². The van der Waals surface area contributed by atoms with E-state index in [0.717, 1.165) is 19.4 Å². The molecule has 4 N–H and O–H groups in total. The molecule has 0 aliphatic heterocycles. The number of hydrogen-bond acceptors (Lipinski definition) is 5. The maximum absolute atomic E-state index is 11.3. The summed E-state index contributed by atoms with van der Waals surface area (Å²) in [7, 11) is 0. The Labute approximate surface area is 152 Å². The number of carbonyl (C=O) groups is 2. The van der Waals surface area contributed by atoms with Crippen LogP contribution in [0.25, 0.3) is 0 Å². The molecule has 0 aliphatic rings. The number of carboxylic acids is 1. The molecule has 0 aromatic rings. The Morgan fingerprint density at radius 1 is 1.20 bits per heavy atom. The molecule has 0 rings (SSSR count). The number of amides is 1. The van der Waals surface area contributed by atoms with Gasteiger partial charge in [0.25, 0.3) is 0 Å². The number of carboxylic acid groups (broad SMARTS) is 1. The summed E-state index contributed by atoms with van der Waals surface area (Å²) in [5.74, 6) is -1.19. The zero-order chi connectivity index (χ0) is 19.7. The summed E-state index contributed by atoms with van der Waals surface area (Å²) in [5.41, 5.74) is 4.78. The van der Waals surface area contributed by atoms with Crippen LogP contribution >= 0.6 is 0 Å². The fourth-order valence-electron chi connectivity index (χ4n) is 1.57. The van der Waals surface area contributed by atoms with Crippen LogP contribution in [-0.2, 0) is 19.1 Å². The average molecular weight is 363 g/mol. The predicted octanol–water partition coefficient (Wildman–Crippen LogP) is 2.32. The van der Waals surface area contributed by atoms with E-state index in [1.54, 1.807) is 0 Å². The lowest BCUT2D eigenvalue weighted by Crippen LogP contribution is -2.30. The molecule has 0 aromatic heterocycles. The first-order valence-corrected chi connectivity index (χ1v) is 9.08. The fraction of sp³-hybridized carbons (Fsp3) is 0.889. The van der Waals surface area contributed by atoms with E-state index in [9.17, 15) is 9.59 Å². The quantitative estimate of drug-likeness (QED) is 0.434. The van der Waals surface area contributed by atoms with E-state index in [2.05, 4.69) is 12.2 Å². The van der Waals surface area contributed by atoms with Crippen LogP contribution < -0.4 is 11.1 Å². The Morgan fingerprint density at radius 2 is 1.80 bits per heavy atom. The van der Waals surface area contributed by atoms with Gasteiger partial charge in [0.2, 0.25) is 5.91 Å². The Kier molecular flexibility index (Phi) is 17.0. The van der Waals surface area contributed by atoms with Crippen LogP contribution in [0.1, 0.15) is 66.7 Å². The van der Waals surface area contributed by atoms with Gasteiger partial charge in [0, 0.05) is 26.2 Å².